The molecule has 0 bridgehead atoms. The molecule has 1 saturated heterocycles. The molecule has 1 aliphatic heterocycles. The van der Waals surface area contributed by atoms with Crippen molar-refractivity contribution in [2.45, 2.75) is 61.9 Å². The van der Waals surface area contributed by atoms with Gasteiger partial charge in [-0.1, -0.05) is 54.6 Å². The molecule has 0 amide bonds. The highest BCUT2D eigenvalue weighted by Crippen LogP contribution is 2.56. The van der Waals surface area contributed by atoms with Gasteiger partial charge in [0.2, 0.25) is 5.95 Å². The molecule has 11 nitrogen and oxygen atoms in total. The normalized spacial score (nSPS) is 26.4. The summed E-state index contributed by atoms with van der Waals surface area (Å²) in [5, 5.41) is 46.3. The quantitative estimate of drug-likeness (QED) is 0.158. The number of hydrogen-bond donors (Lipinski definition) is 5. The number of para-hydroxylation sites is 1. The molecule has 0 radical (unpaired) electrons. The van der Waals surface area contributed by atoms with E-state index in [-0.39, 0.29) is 30.6 Å². The Balaban J connectivity index is 1.03. The zero-order valence-corrected chi connectivity index (χ0v) is 25.2. The summed E-state index contributed by atoms with van der Waals surface area (Å²) in [6, 6.07) is 22.1. The molecule has 2 aliphatic rings. The van der Waals surface area contributed by atoms with Crippen LogP contribution in [0.4, 0.5) is 20.4 Å². The third-order valence-electron chi connectivity index (χ3n) is 8.92. The molecule has 3 heterocycles. The highest BCUT2D eigenvalue weighted by Gasteiger charge is 2.64. The predicted octanol–water partition coefficient (Wildman–Crippen LogP) is 4.08. The Morgan fingerprint density at radius 3 is 2.53 bits per heavy atom. The van der Waals surface area contributed by atoms with Gasteiger partial charge in [-0.3, -0.25) is 4.57 Å². The Bertz CT molecular complexity index is 1910. The molecular formula is C34H33F2N5O6. The molecule has 1 unspecified atom stereocenters. The SMILES string of the molecule is Cc1nc(Nc2ccccc2)nc2c1ncn2[C@@H]1O[C@H](COc2cccc(CC[C@@]3(O)c4ccccc4C(O)C3(F)F)c2)[C@@H](O)[C@H]1O. The number of benzene rings is 3. The number of alkyl halides is 2. The lowest BCUT2D eigenvalue weighted by Crippen LogP contribution is -2.44. The number of nitrogens with one attached hydrogen (secondary N) is 1. The first-order chi connectivity index (χ1) is 22.6. The molecule has 7 rings (SSSR count). The molecule has 6 atom stereocenters. The van der Waals surface area contributed by atoms with E-state index in [2.05, 4.69) is 20.3 Å². The lowest BCUT2D eigenvalue weighted by Gasteiger charge is -2.32. The average Bonchev–Trinajstić information content (AvgIpc) is 3.66. The number of aromatic nitrogens is 4. The van der Waals surface area contributed by atoms with E-state index >= 15 is 8.78 Å². The summed E-state index contributed by atoms with van der Waals surface area (Å²) in [6.07, 6.45) is -5.43. The van der Waals surface area contributed by atoms with Crippen LogP contribution < -0.4 is 10.1 Å². The Kier molecular flexibility index (Phi) is 7.89. The molecule has 1 aliphatic carbocycles. The molecule has 5 aromatic rings. The number of anilines is 2. The number of halogens is 2. The van der Waals surface area contributed by atoms with E-state index < -0.39 is 42.2 Å². The Labute approximate surface area is 268 Å². The van der Waals surface area contributed by atoms with E-state index in [1.165, 1.54) is 18.5 Å². The number of rotatable bonds is 9. The molecule has 13 heteroatoms. The van der Waals surface area contributed by atoms with Gasteiger partial charge in [0.05, 0.1) is 12.0 Å². The van der Waals surface area contributed by atoms with Crippen LogP contribution in [0.5, 0.6) is 5.75 Å². The molecule has 47 heavy (non-hydrogen) atoms. The summed E-state index contributed by atoms with van der Waals surface area (Å²) < 4.78 is 43.7. The number of aliphatic hydroxyl groups excluding tert-OH is 3. The lowest BCUT2D eigenvalue weighted by atomic mass is 9.86. The van der Waals surface area contributed by atoms with Gasteiger partial charge in [-0.2, -0.15) is 13.8 Å². The highest BCUT2D eigenvalue weighted by atomic mass is 19.3. The molecule has 0 spiro atoms. The summed E-state index contributed by atoms with van der Waals surface area (Å²) in [6.45, 7) is 1.67. The monoisotopic (exact) mass is 645 g/mol. The Morgan fingerprint density at radius 2 is 1.72 bits per heavy atom. The zero-order chi connectivity index (χ0) is 32.9. The number of nitrogens with zero attached hydrogens (tertiary/aromatic N) is 4. The first-order valence-electron chi connectivity index (χ1n) is 15.2. The van der Waals surface area contributed by atoms with Crippen LogP contribution in [-0.2, 0) is 16.8 Å². The lowest BCUT2D eigenvalue weighted by molar-refractivity contribution is -0.226. The minimum Gasteiger partial charge on any atom is -0.491 e. The smallest absolute Gasteiger partial charge is 0.309 e. The van der Waals surface area contributed by atoms with Crippen molar-refractivity contribution in [1.82, 2.24) is 19.5 Å². The van der Waals surface area contributed by atoms with Crippen molar-refractivity contribution in [3.05, 3.63) is 108 Å². The second-order valence-corrected chi connectivity index (χ2v) is 11.9. The molecule has 5 N–H and O–H groups in total. The Hall–Kier alpha value is -4.53. The predicted molar refractivity (Wildman–Crippen MR) is 166 cm³/mol. The van der Waals surface area contributed by atoms with E-state index in [9.17, 15) is 20.4 Å². The molecule has 1 fully saturated rings. The van der Waals surface area contributed by atoms with Gasteiger partial charge in [0.25, 0.3) is 0 Å². The largest absolute Gasteiger partial charge is 0.491 e. The van der Waals surface area contributed by atoms with Gasteiger partial charge in [-0.05, 0) is 60.7 Å². The minimum absolute atomic E-state index is 0.0151. The van der Waals surface area contributed by atoms with Gasteiger partial charge in [0.1, 0.15) is 42.3 Å². The fraction of sp³-hybridized carbons (Fsp3) is 0.324. The van der Waals surface area contributed by atoms with Crippen LogP contribution in [0.25, 0.3) is 11.2 Å². The van der Waals surface area contributed by atoms with E-state index in [1.54, 1.807) is 47.9 Å². The van der Waals surface area contributed by atoms with Crippen molar-refractivity contribution in [3.8, 4) is 5.75 Å². The zero-order valence-electron chi connectivity index (χ0n) is 25.2. The maximum atomic E-state index is 15.1. The number of aryl methyl sites for hydroxylation is 2. The van der Waals surface area contributed by atoms with Gasteiger partial charge < -0.3 is 35.2 Å². The summed E-state index contributed by atoms with van der Waals surface area (Å²) >= 11 is 0. The van der Waals surface area contributed by atoms with E-state index in [4.69, 9.17) is 9.47 Å². The van der Waals surface area contributed by atoms with Gasteiger partial charge in [-0.25, -0.2) is 9.97 Å². The summed E-state index contributed by atoms with van der Waals surface area (Å²) in [5.41, 5.74) is 0.453. The van der Waals surface area contributed by atoms with Crippen molar-refractivity contribution in [2.24, 2.45) is 0 Å². The second-order valence-electron chi connectivity index (χ2n) is 11.9. The van der Waals surface area contributed by atoms with E-state index in [0.29, 0.717) is 34.1 Å². The van der Waals surface area contributed by atoms with Crippen molar-refractivity contribution in [1.29, 1.82) is 0 Å². The number of ether oxygens (including phenoxy) is 2. The minimum atomic E-state index is -3.76. The van der Waals surface area contributed by atoms with E-state index in [0.717, 1.165) is 5.69 Å². The Morgan fingerprint density at radius 1 is 0.957 bits per heavy atom. The summed E-state index contributed by atoms with van der Waals surface area (Å²) in [5.74, 6) is -3.04. The number of imidazole rings is 1. The molecular weight excluding hydrogens is 612 g/mol. The third-order valence-corrected chi connectivity index (χ3v) is 8.92. The van der Waals surface area contributed by atoms with Crippen LogP contribution in [-0.4, -0.2) is 70.8 Å². The molecule has 244 valence electrons. The van der Waals surface area contributed by atoms with Crippen LogP contribution in [0, 0.1) is 6.92 Å². The first kappa shape index (κ1) is 31.1. The van der Waals surface area contributed by atoms with Crippen LogP contribution in [0.1, 0.15) is 41.1 Å². The van der Waals surface area contributed by atoms with Crippen molar-refractivity contribution in [2.75, 3.05) is 11.9 Å². The maximum absolute atomic E-state index is 15.1. The maximum Gasteiger partial charge on any atom is 0.309 e. The van der Waals surface area contributed by atoms with Crippen molar-refractivity contribution in [3.63, 3.8) is 0 Å². The van der Waals surface area contributed by atoms with Gasteiger partial charge in [-0.15, -0.1) is 0 Å². The third kappa shape index (κ3) is 5.39. The van der Waals surface area contributed by atoms with E-state index in [1.807, 2.05) is 30.3 Å². The summed E-state index contributed by atoms with van der Waals surface area (Å²) in [4.78, 5) is 13.5. The molecule has 3 aromatic carbocycles. The second kappa shape index (κ2) is 11.9. The van der Waals surface area contributed by atoms with Gasteiger partial charge in [0.15, 0.2) is 17.5 Å². The molecule has 0 saturated carbocycles. The van der Waals surface area contributed by atoms with Gasteiger partial charge >= 0.3 is 5.92 Å². The fourth-order valence-electron chi connectivity index (χ4n) is 6.36. The topological polar surface area (TPSA) is 155 Å². The molecule has 2 aromatic heterocycles. The number of hydrogen-bond acceptors (Lipinski definition) is 10. The van der Waals surface area contributed by atoms with Crippen LogP contribution in [0.15, 0.2) is 85.2 Å². The first-order valence-corrected chi connectivity index (χ1v) is 15.2. The number of aliphatic hydroxyl groups is 4. The van der Waals surface area contributed by atoms with Crippen molar-refractivity contribution >= 4 is 22.8 Å². The van der Waals surface area contributed by atoms with Gasteiger partial charge in [0, 0.05) is 5.69 Å². The van der Waals surface area contributed by atoms with Crippen LogP contribution in [0.3, 0.4) is 0 Å². The fourth-order valence-corrected chi connectivity index (χ4v) is 6.36. The van der Waals surface area contributed by atoms with Crippen molar-refractivity contribution < 1.29 is 38.7 Å². The average molecular weight is 646 g/mol. The van der Waals surface area contributed by atoms with Crippen LogP contribution in [0.2, 0.25) is 0 Å². The summed E-state index contributed by atoms with van der Waals surface area (Å²) in [7, 11) is 0. The van der Waals surface area contributed by atoms with Crippen LogP contribution >= 0.6 is 0 Å². The highest BCUT2D eigenvalue weighted by molar-refractivity contribution is 5.75. The standard InChI is InChI=1S/C34H33F2N5O6/c1-19-26-30(40-32(38-19)39-21-9-3-2-4-10-21)41(18-37-26)31-28(43)27(42)25(47-31)17-46-22-11-7-8-20(16-22)14-15-33(45)24-13-6-5-12-23(24)29(44)34(33,35)36/h2-13,16,18,25,27-29,31,42-45H,14-15,17H2,1H3,(H,38,39,40)/t25-,27-,28-,29?,31-,33-/m1/s1. The number of fused-ring (bicyclic) bond motifs is 2.